The molecule has 0 aliphatic carbocycles. The zero-order chi connectivity index (χ0) is 71.4. The maximum Gasteiger partial charge on any atom is 0.472 e. The van der Waals surface area contributed by atoms with Crippen LogP contribution < -0.4 is 0 Å². The van der Waals surface area contributed by atoms with E-state index in [0.29, 0.717) is 37.5 Å². The van der Waals surface area contributed by atoms with Gasteiger partial charge in [0.15, 0.2) is 12.2 Å². The van der Waals surface area contributed by atoms with Crippen LogP contribution in [-0.2, 0) is 65.4 Å². The van der Waals surface area contributed by atoms with Gasteiger partial charge in [0.25, 0.3) is 0 Å². The first-order valence-corrected chi connectivity index (χ1v) is 43.5. The zero-order valence-electron chi connectivity index (χ0n) is 63.4. The fourth-order valence-corrected chi connectivity index (χ4v) is 13.6. The van der Waals surface area contributed by atoms with Crippen molar-refractivity contribution < 1.29 is 80.2 Å². The molecule has 0 bridgehead atoms. The van der Waals surface area contributed by atoms with E-state index in [2.05, 4.69) is 41.5 Å². The molecule has 576 valence electrons. The number of hydrogen-bond acceptors (Lipinski definition) is 15. The Labute approximate surface area is 594 Å². The van der Waals surface area contributed by atoms with Gasteiger partial charge in [0.2, 0.25) is 0 Å². The highest BCUT2D eigenvalue weighted by Crippen LogP contribution is 2.45. The molecule has 2 unspecified atom stereocenters. The monoisotopic (exact) mass is 1420 g/mol. The Morgan fingerprint density at radius 1 is 0.278 bits per heavy atom. The summed E-state index contributed by atoms with van der Waals surface area (Å²) in [5, 5.41) is 10.6. The van der Waals surface area contributed by atoms with Crippen molar-refractivity contribution in [3.63, 3.8) is 0 Å². The van der Waals surface area contributed by atoms with Crippen molar-refractivity contribution in [2.75, 3.05) is 39.6 Å². The maximum atomic E-state index is 13.1. The lowest BCUT2D eigenvalue weighted by molar-refractivity contribution is -0.161. The van der Waals surface area contributed by atoms with Gasteiger partial charge in [-0.1, -0.05) is 356 Å². The van der Waals surface area contributed by atoms with Crippen molar-refractivity contribution in [2.24, 2.45) is 11.8 Å². The molecule has 0 aromatic rings. The molecule has 0 heterocycles. The van der Waals surface area contributed by atoms with Crippen molar-refractivity contribution in [1.82, 2.24) is 0 Å². The average Bonchev–Trinajstić information content (AvgIpc) is 1.02. The molecule has 0 saturated carbocycles. The minimum atomic E-state index is -4.96. The number of unbranched alkanes of at least 4 members (excludes halogenated alkanes) is 47. The average molecular weight is 1420 g/mol. The smallest absolute Gasteiger partial charge is 0.462 e. The van der Waals surface area contributed by atoms with Gasteiger partial charge in [-0.25, -0.2) is 9.13 Å². The lowest BCUT2D eigenvalue weighted by Crippen LogP contribution is -2.30. The van der Waals surface area contributed by atoms with E-state index in [4.69, 9.17) is 37.0 Å². The number of esters is 4. The van der Waals surface area contributed by atoms with E-state index in [1.807, 2.05) is 0 Å². The van der Waals surface area contributed by atoms with Crippen LogP contribution in [0, 0.1) is 11.8 Å². The van der Waals surface area contributed by atoms with Gasteiger partial charge >= 0.3 is 39.5 Å². The Balaban J connectivity index is 5.18. The highest BCUT2D eigenvalue weighted by atomic mass is 31.2. The highest BCUT2D eigenvalue weighted by molar-refractivity contribution is 7.47. The van der Waals surface area contributed by atoms with Crippen molar-refractivity contribution in [1.29, 1.82) is 0 Å². The number of phosphoric acid groups is 2. The Morgan fingerprint density at radius 3 is 0.701 bits per heavy atom. The highest BCUT2D eigenvalue weighted by Gasteiger charge is 2.30. The minimum Gasteiger partial charge on any atom is -0.462 e. The molecule has 0 spiro atoms. The van der Waals surface area contributed by atoms with Crippen LogP contribution in [0.4, 0.5) is 0 Å². The third kappa shape index (κ3) is 72.2. The van der Waals surface area contributed by atoms with Crippen LogP contribution in [0.2, 0.25) is 0 Å². The van der Waals surface area contributed by atoms with Crippen molar-refractivity contribution in [3.05, 3.63) is 0 Å². The fraction of sp³-hybridized carbons (Fsp3) is 0.949. The first-order valence-electron chi connectivity index (χ1n) is 40.5. The topological polar surface area (TPSA) is 237 Å². The van der Waals surface area contributed by atoms with Gasteiger partial charge in [-0.2, -0.15) is 0 Å². The van der Waals surface area contributed by atoms with Gasteiger partial charge in [-0.15, -0.1) is 0 Å². The van der Waals surface area contributed by atoms with E-state index in [1.165, 1.54) is 218 Å². The van der Waals surface area contributed by atoms with E-state index in [0.717, 1.165) is 96.3 Å². The first kappa shape index (κ1) is 95.1. The minimum absolute atomic E-state index is 0.103. The largest absolute Gasteiger partial charge is 0.472 e. The van der Waals surface area contributed by atoms with E-state index in [-0.39, 0.29) is 25.7 Å². The SMILES string of the molecule is CCCCCCCCCCCCCCCCCCCCCCCC(=O)O[C@H](COC(=O)CCCCCCCCCCCCCCCCCCC)COP(=O)(O)OC[C@@H](O)COP(=O)(O)OC[C@@H](COC(=O)CCCCCCCCC(C)C)OC(=O)CCCCCCCCCC(C)C. The summed E-state index contributed by atoms with van der Waals surface area (Å²) >= 11 is 0. The second kappa shape index (κ2) is 69.8. The van der Waals surface area contributed by atoms with Gasteiger partial charge in [-0.3, -0.25) is 37.3 Å². The molecule has 0 aromatic carbocycles. The number of hydrogen-bond donors (Lipinski definition) is 3. The van der Waals surface area contributed by atoms with Gasteiger partial charge < -0.3 is 33.8 Å². The number of carbonyl (C=O) groups excluding carboxylic acids is 4. The molecule has 19 heteroatoms. The molecule has 0 aliphatic rings. The Kier molecular flexibility index (Phi) is 68.4. The molecule has 0 aromatic heterocycles. The van der Waals surface area contributed by atoms with Crippen LogP contribution >= 0.6 is 15.6 Å². The van der Waals surface area contributed by atoms with Crippen LogP contribution in [0.5, 0.6) is 0 Å². The van der Waals surface area contributed by atoms with Crippen LogP contribution in [0.25, 0.3) is 0 Å². The van der Waals surface area contributed by atoms with Crippen molar-refractivity contribution in [2.45, 2.75) is 426 Å². The maximum absolute atomic E-state index is 13.1. The third-order valence-corrected chi connectivity index (χ3v) is 20.1. The predicted molar refractivity (Wildman–Crippen MR) is 395 cm³/mol. The molecule has 0 amide bonds. The van der Waals surface area contributed by atoms with Gasteiger partial charge in [0.1, 0.15) is 19.3 Å². The second-order valence-electron chi connectivity index (χ2n) is 29.1. The molecule has 97 heavy (non-hydrogen) atoms. The number of carbonyl (C=O) groups is 4. The fourth-order valence-electron chi connectivity index (χ4n) is 12.0. The molecular formula is C78H152O17P2. The molecule has 5 atom stereocenters. The summed E-state index contributed by atoms with van der Waals surface area (Å²) in [6.07, 6.45) is 58.8. The summed E-state index contributed by atoms with van der Waals surface area (Å²) in [7, 11) is -9.91. The van der Waals surface area contributed by atoms with Crippen LogP contribution in [-0.4, -0.2) is 96.7 Å². The number of aliphatic hydroxyl groups excluding tert-OH is 1. The van der Waals surface area contributed by atoms with E-state index in [1.54, 1.807) is 0 Å². The number of ether oxygens (including phenoxy) is 4. The summed E-state index contributed by atoms with van der Waals surface area (Å²) in [6.45, 7) is 9.45. The van der Waals surface area contributed by atoms with Crippen LogP contribution in [0.1, 0.15) is 408 Å². The van der Waals surface area contributed by atoms with Crippen LogP contribution in [0.15, 0.2) is 0 Å². The lowest BCUT2D eigenvalue weighted by Gasteiger charge is -2.21. The zero-order valence-corrected chi connectivity index (χ0v) is 65.2. The van der Waals surface area contributed by atoms with Crippen LogP contribution in [0.3, 0.4) is 0 Å². The molecule has 0 fully saturated rings. The third-order valence-electron chi connectivity index (χ3n) is 18.2. The molecule has 0 rings (SSSR count). The van der Waals surface area contributed by atoms with Gasteiger partial charge in [0.05, 0.1) is 26.4 Å². The lowest BCUT2D eigenvalue weighted by atomic mass is 10.0. The summed E-state index contributed by atoms with van der Waals surface area (Å²) in [5.74, 6) is -0.744. The first-order chi connectivity index (χ1) is 46.9. The second-order valence-corrected chi connectivity index (χ2v) is 32.0. The Bertz CT molecular complexity index is 1870. The standard InChI is InChI=1S/C78H152O17P2/c1-7-9-11-13-15-17-19-21-23-25-26-27-28-30-32-34-36-38-42-50-56-62-77(82)94-73(66-88-75(80)60-54-48-41-37-35-33-31-29-24-22-20-18-16-14-12-10-8-2)68-92-96(84,85)90-64-72(79)65-91-97(86,87)93-69-74(67-89-76(81)61-55-49-45-44-47-53-59-71(5)6)95-78(83)63-57-51-43-39-40-46-52-58-70(3)4/h70-74,79H,7-69H2,1-6H3,(H,84,85)(H,86,87)/t72-,73-,74-/m1/s1. The van der Waals surface area contributed by atoms with Gasteiger partial charge in [0, 0.05) is 25.7 Å². The summed E-state index contributed by atoms with van der Waals surface area (Å²) in [6, 6.07) is 0. The summed E-state index contributed by atoms with van der Waals surface area (Å²) in [5.41, 5.74) is 0. The molecule has 3 N–H and O–H groups in total. The molecule has 0 saturated heterocycles. The number of phosphoric ester groups is 2. The van der Waals surface area contributed by atoms with Crippen molar-refractivity contribution in [3.8, 4) is 0 Å². The normalized spacial score (nSPS) is 14.0. The molecular weight excluding hydrogens is 1270 g/mol. The number of rotatable bonds is 77. The van der Waals surface area contributed by atoms with Crippen molar-refractivity contribution >= 4 is 39.5 Å². The van der Waals surface area contributed by atoms with E-state index >= 15 is 0 Å². The number of aliphatic hydroxyl groups is 1. The molecule has 0 aliphatic heterocycles. The van der Waals surface area contributed by atoms with E-state index < -0.39 is 97.5 Å². The predicted octanol–water partition coefficient (Wildman–Crippen LogP) is 23.1. The quantitative estimate of drug-likeness (QED) is 0.0222. The summed E-state index contributed by atoms with van der Waals surface area (Å²) in [4.78, 5) is 72.8. The Morgan fingerprint density at radius 2 is 0.474 bits per heavy atom. The van der Waals surface area contributed by atoms with Gasteiger partial charge in [-0.05, 0) is 37.5 Å². The Hall–Kier alpha value is -1.94. The summed E-state index contributed by atoms with van der Waals surface area (Å²) < 4.78 is 68.5. The van der Waals surface area contributed by atoms with E-state index in [9.17, 15) is 43.2 Å². The molecule has 17 nitrogen and oxygen atoms in total. The molecule has 0 radical (unpaired) electrons.